The summed E-state index contributed by atoms with van der Waals surface area (Å²) in [6.07, 6.45) is 1.19. The zero-order valence-electron chi connectivity index (χ0n) is 12.9. The molecule has 4 heteroatoms. The summed E-state index contributed by atoms with van der Waals surface area (Å²) >= 11 is 0. The number of amides is 1. The van der Waals surface area contributed by atoms with Crippen LogP contribution >= 0.6 is 0 Å². The predicted octanol–water partition coefficient (Wildman–Crippen LogP) is 2.50. The zero-order chi connectivity index (χ0) is 15.3. The second-order valence-corrected chi connectivity index (χ2v) is 6.65. The minimum Gasteiger partial charge on any atom is -0.508 e. The van der Waals surface area contributed by atoms with Crippen LogP contribution < -0.4 is 5.73 Å². The highest BCUT2D eigenvalue weighted by Gasteiger charge is 2.19. The second-order valence-electron chi connectivity index (χ2n) is 6.65. The molecule has 0 spiro atoms. The highest BCUT2D eigenvalue weighted by atomic mass is 16.3. The van der Waals surface area contributed by atoms with Gasteiger partial charge in [0.25, 0.3) is 0 Å². The van der Waals surface area contributed by atoms with Crippen LogP contribution in [0, 0.1) is 5.41 Å². The molecule has 3 N–H and O–H groups in total. The maximum atomic E-state index is 12.1. The Labute approximate surface area is 121 Å². The van der Waals surface area contributed by atoms with Gasteiger partial charge in [0, 0.05) is 26.1 Å². The molecule has 20 heavy (non-hydrogen) atoms. The molecule has 0 heterocycles. The van der Waals surface area contributed by atoms with E-state index < -0.39 is 0 Å². The maximum absolute atomic E-state index is 12.1. The zero-order valence-corrected chi connectivity index (χ0v) is 12.9. The fourth-order valence-electron chi connectivity index (χ4n) is 2.20. The monoisotopic (exact) mass is 278 g/mol. The molecule has 0 radical (unpaired) electrons. The molecule has 0 saturated carbocycles. The molecule has 0 aliphatic carbocycles. The molecule has 4 nitrogen and oxygen atoms in total. The lowest BCUT2D eigenvalue weighted by molar-refractivity contribution is -0.130. The Balaban J connectivity index is 2.48. The topological polar surface area (TPSA) is 66.6 Å². The number of hydrogen-bond donors (Lipinski definition) is 2. The van der Waals surface area contributed by atoms with E-state index in [1.807, 2.05) is 12.1 Å². The van der Waals surface area contributed by atoms with E-state index in [2.05, 4.69) is 20.8 Å². The van der Waals surface area contributed by atoms with Gasteiger partial charge in [-0.15, -0.1) is 0 Å². The normalized spacial score (nSPS) is 13.1. The molecule has 1 aromatic rings. The summed E-state index contributed by atoms with van der Waals surface area (Å²) in [5, 5.41) is 9.23. The number of phenols is 1. The van der Waals surface area contributed by atoms with Gasteiger partial charge in [-0.3, -0.25) is 4.79 Å². The lowest BCUT2D eigenvalue weighted by Crippen LogP contribution is -2.35. The van der Waals surface area contributed by atoms with Crippen LogP contribution in [0.25, 0.3) is 0 Å². The van der Waals surface area contributed by atoms with Crippen LogP contribution in [0.2, 0.25) is 0 Å². The number of nitrogens with zero attached hydrogens (tertiary/aromatic N) is 1. The Morgan fingerprint density at radius 2 is 1.85 bits per heavy atom. The predicted molar refractivity (Wildman–Crippen MR) is 81.2 cm³/mol. The van der Waals surface area contributed by atoms with Crippen LogP contribution in [-0.2, 0) is 11.3 Å². The van der Waals surface area contributed by atoms with Gasteiger partial charge < -0.3 is 15.7 Å². The molecule has 1 atom stereocenters. The van der Waals surface area contributed by atoms with Crippen molar-refractivity contribution in [3.8, 4) is 5.75 Å². The van der Waals surface area contributed by atoms with Crippen LogP contribution in [0.5, 0.6) is 5.75 Å². The Kier molecular flexibility index (Phi) is 5.57. The molecule has 0 aliphatic heterocycles. The van der Waals surface area contributed by atoms with Crippen molar-refractivity contribution >= 4 is 5.91 Å². The van der Waals surface area contributed by atoms with E-state index in [9.17, 15) is 9.90 Å². The van der Waals surface area contributed by atoms with Gasteiger partial charge in [-0.05, 0) is 29.5 Å². The molecule has 0 bridgehead atoms. The third-order valence-electron chi connectivity index (χ3n) is 3.09. The lowest BCUT2D eigenvalue weighted by atomic mass is 9.87. The van der Waals surface area contributed by atoms with Gasteiger partial charge >= 0.3 is 0 Å². The van der Waals surface area contributed by atoms with Gasteiger partial charge in [0.05, 0.1) is 0 Å². The van der Waals surface area contributed by atoms with Crippen LogP contribution in [0.15, 0.2) is 24.3 Å². The highest BCUT2D eigenvalue weighted by molar-refractivity contribution is 5.76. The molecular formula is C16H26N2O2. The molecule has 0 saturated heterocycles. The van der Waals surface area contributed by atoms with Crippen molar-refractivity contribution in [1.82, 2.24) is 4.90 Å². The van der Waals surface area contributed by atoms with Crippen molar-refractivity contribution in [3.05, 3.63) is 29.8 Å². The van der Waals surface area contributed by atoms with E-state index in [0.29, 0.717) is 13.0 Å². The van der Waals surface area contributed by atoms with Crippen molar-refractivity contribution in [1.29, 1.82) is 0 Å². The Morgan fingerprint density at radius 3 is 2.35 bits per heavy atom. The Hall–Kier alpha value is -1.55. The first kappa shape index (κ1) is 16.5. The molecule has 1 amide bonds. The van der Waals surface area contributed by atoms with E-state index in [-0.39, 0.29) is 23.1 Å². The van der Waals surface area contributed by atoms with E-state index in [4.69, 9.17) is 5.73 Å². The minimum absolute atomic E-state index is 0.0508. The van der Waals surface area contributed by atoms with Gasteiger partial charge in [0.1, 0.15) is 5.75 Å². The lowest BCUT2D eigenvalue weighted by Gasteiger charge is -2.25. The van der Waals surface area contributed by atoms with Gasteiger partial charge in [-0.25, -0.2) is 0 Å². The molecular weight excluding hydrogens is 252 g/mol. The summed E-state index contributed by atoms with van der Waals surface area (Å²) in [6.45, 7) is 6.90. The summed E-state index contributed by atoms with van der Waals surface area (Å²) in [5.74, 6) is 0.282. The first-order valence-corrected chi connectivity index (χ1v) is 6.95. The molecule has 0 aromatic heterocycles. The number of aromatic hydroxyl groups is 1. The number of carbonyl (C=O) groups excluding carboxylic acids is 1. The first-order valence-electron chi connectivity index (χ1n) is 6.95. The molecule has 1 aromatic carbocycles. The van der Waals surface area contributed by atoms with Crippen LogP contribution in [0.1, 0.15) is 39.2 Å². The first-order chi connectivity index (χ1) is 9.17. The van der Waals surface area contributed by atoms with Crippen LogP contribution in [-0.4, -0.2) is 29.0 Å². The molecule has 112 valence electrons. The molecule has 1 unspecified atom stereocenters. The number of nitrogens with two attached hydrogens (primary N) is 1. The van der Waals surface area contributed by atoms with Crippen molar-refractivity contribution in [2.75, 3.05) is 7.05 Å². The largest absolute Gasteiger partial charge is 0.508 e. The molecule has 0 aliphatic rings. The summed E-state index contributed by atoms with van der Waals surface area (Å²) in [6, 6.07) is 6.77. The second kappa shape index (κ2) is 6.75. The van der Waals surface area contributed by atoms with Gasteiger partial charge in [0.15, 0.2) is 0 Å². The van der Waals surface area contributed by atoms with Crippen molar-refractivity contribution in [3.63, 3.8) is 0 Å². The number of benzene rings is 1. The average molecular weight is 278 g/mol. The van der Waals surface area contributed by atoms with Crippen molar-refractivity contribution < 1.29 is 9.90 Å². The average Bonchev–Trinajstić information content (AvgIpc) is 2.29. The number of phenolic OH excluding ortho intramolecular Hbond substituents is 1. The number of carbonyl (C=O) groups is 1. The van der Waals surface area contributed by atoms with E-state index in [1.165, 1.54) is 0 Å². The van der Waals surface area contributed by atoms with Crippen molar-refractivity contribution in [2.45, 2.75) is 46.2 Å². The Bertz CT molecular complexity index is 435. The van der Waals surface area contributed by atoms with Crippen molar-refractivity contribution in [2.24, 2.45) is 11.1 Å². The SMILES string of the molecule is CN(Cc1ccc(O)cc1)C(=O)CC(N)CC(C)(C)C. The van der Waals surface area contributed by atoms with Gasteiger partial charge in [-0.1, -0.05) is 32.9 Å². The minimum atomic E-state index is -0.107. The summed E-state index contributed by atoms with van der Waals surface area (Å²) in [7, 11) is 1.78. The highest BCUT2D eigenvalue weighted by Crippen LogP contribution is 2.21. The number of rotatable bonds is 5. The summed E-state index contributed by atoms with van der Waals surface area (Å²) in [4.78, 5) is 13.8. The quantitative estimate of drug-likeness (QED) is 0.869. The van der Waals surface area contributed by atoms with Crippen LogP contribution in [0.3, 0.4) is 0 Å². The Morgan fingerprint density at radius 1 is 1.30 bits per heavy atom. The van der Waals surface area contributed by atoms with Gasteiger partial charge in [-0.2, -0.15) is 0 Å². The summed E-state index contributed by atoms with van der Waals surface area (Å²) < 4.78 is 0. The van der Waals surface area contributed by atoms with Crippen LogP contribution in [0.4, 0.5) is 0 Å². The third kappa shape index (κ3) is 6.06. The summed E-state index contributed by atoms with van der Waals surface area (Å²) in [5.41, 5.74) is 7.15. The smallest absolute Gasteiger partial charge is 0.224 e. The van der Waals surface area contributed by atoms with E-state index in [0.717, 1.165) is 12.0 Å². The van der Waals surface area contributed by atoms with E-state index >= 15 is 0 Å². The third-order valence-corrected chi connectivity index (χ3v) is 3.09. The number of hydrogen-bond acceptors (Lipinski definition) is 3. The standard InChI is InChI=1S/C16H26N2O2/c1-16(2,3)10-13(17)9-15(20)18(4)11-12-5-7-14(19)8-6-12/h5-8,13,19H,9-11,17H2,1-4H3. The molecule has 1 rings (SSSR count). The maximum Gasteiger partial charge on any atom is 0.224 e. The fourth-order valence-corrected chi connectivity index (χ4v) is 2.20. The molecule has 0 fully saturated rings. The van der Waals surface area contributed by atoms with Gasteiger partial charge in [0.2, 0.25) is 5.91 Å². The fraction of sp³-hybridized carbons (Fsp3) is 0.562. The van der Waals surface area contributed by atoms with E-state index in [1.54, 1.807) is 24.1 Å².